The van der Waals surface area contributed by atoms with E-state index in [9.17, 15) is 0 Å². The van der Waals surface area contributed by atoms with E-state index in [-0.39, 0.29) is 0 Å². The number of rotatable bonds is 3. The number of fused-ring (bicyclic) bond motifs is 1. The van der Waals surface area contributed by atoms with Gasteiger partial charge in [0.15, 0.2) is 0 Å². The lowest BCUT2D eigenvalue weighted by atomic mass is 10.1. The van der Waals surface area contributed by atoms with Gasteiger partial charge in [0.2, 0.25) is 0 Å². The molecule has 3 nitrogen and oxygen atoms in total. The van der Waals surface area contributed by atoms with Gasteiger partial charge >= 0.3 is 0 Å². The third-order valence-electron chi connectivity index (χ3n) is 3.20. The molecule has 1 N–H and O–H groups in total. The molecule has 2 heterocycles. The van der Waals surface area contributed by atoms with Gasteiger partial charge in [-0.25, -0.2) is 4.98 Å². The van der Waals surface area contributed by atoms with Crippen LogP contribution in [0.3, 0.4) is 0 Å². The summed E-state index contributed by atoms with van der Waals surface area (Å²) in [5, 5.41) is 4.45. The van der Waals surface area contributed by atoms with Crippen molar-refractivity contribution < 1.29 is 4.74 Å². The van der Waals surface area contributed by atoms with E-state index in [1.807, 2.05) is 0 Å². The molecular weight excluding hydrogens is 256 g/mol. The van der Waals surface area contributed by atoms with E-state index in [0.717, 1.165) is 30.3 Å². The Hall–Kier alpha value is -1.39. The van der Waals surface area contributed by atoms with Crippen LogP contribution in [0, 0.1) is 13.8 Å². The van der Waals surface area contributed by atoms with Gasteiger partial charge in [0.25, 0.3) is 0 Å². The van der Waals surface area contributed by atoms with Crippen molar-refractivity contribution in [2.24, 2.45) is 0 Å². The van der Waals surface area contributed by atoms with Crippen molar-refractivity contribution in [3.63, 3.8) is 0 Å². The van der Waals surface area contributed by atoms with Gasteiger partial charge < -0.3 is 10.1 Å². The van der Waals surface area contributed by atoms with Crippen molar-refractivity contribution in [1.29, 1.82) is 0 Å². The highest BCUT2D eigenvalue weighted by Gasteiger charge is 2.14. The molecule has 0 aliphatic carbocycles. The summed E-state index contributed by atoms with van der Waals surface area (Å²) in [6, 6.07) is 6.30. The van der Waals surface area contributed by atoms with Crippen LogP contribution in [0.1, 0.15) is 26.7 Å². The van der Waals surface area contributed by atoms with Crippen molar-refractivity contribution in [3.05, 3.63) is 44.9 Å². The molecule has 1 aliphatic heterocycles. The zero-order valence-corrected chi connectivity index (χ0v) is 12.1. The van der Waals surface area contributed by atoms with Gasteiger partial charge in [-0.3, -0.25) is 0 Å². The Labute approximate surface area is 117 Å². The monoisotopic (exact) mass is 274 g/mol. The smallest absolute Gasteiger partial charge is 0.140 e. The van der Waals surface area contributed by atoms with Crippen molar-refractivity contribution in [2.75, 3.05) is 6.54 Å². The number of nitrogens with zero attached hydrogens (tertiary/aromatic N) is 1. The zero-order chi connectivity index (χ0) is 13.2. The molecule has 3 rings (SSSR count). The van der Waals surface area contributed by atoms with E-state index in [4.69, 9.17) is 4.74 Å². The molecule has 19 heavy (non-hydrogen) atoms. The van der Waals surface area contributed by atoms with Gasteiger partial charge in [-0.2, -0.15) is 0 Å². The Morgan fingerprint density at radius 1 is 1.26 bits per heavy atom. The molecule has 0 amide bonds. The molecule has 0 saturated carbocycles. The summed E-state index contributed by atoms with van der Waals surface area (Å²) in [7, 11) is 0. The van der Waals surface area contributed by atoms with Crippen LogP contribution in [0.25, 0.3) is 0 Å². The Morgan fingerprint density at radius 3 is 2.79 bits per heavy atom. The average Bonchev–Trinajstić information content (AvgIpc) is 2.78. The minimum absolute atomic E-state index is 0.570. The van der Waals surface area contributed by atoms with Gasteiger partial charge in [0, 0.05) is 24.4 Å². The van der Waals surface area contributed by atoms with Gasteiger partial charge in [-0.15, -0.1) is 11.3 Å². The predicted octanol–water partition coefficient (Wildman–Crippen LogP) is 2.98. The van der Waals surface area contributed by atoms with Crippen molar-refractivity contribution in [2.45, 2.75) is 33.4 Å². The van der Waals surface area contributed by atoms with Crippen molar-refractivity contribution in [3.8, 4) is 5.75 Å². The molecule has 0 bridgehead atoms. The first-order valence-electron chi connectivity index (χ1n) is 6.60. The molecule has 0 unspecified atom stereocenters. The highest BCUT2D eigenvalue weighted by Crippen LogP contribution is 2.23. The van der Waals surface area contributed by atoms with Gasteiger partial charge in [0.1, 0.15) is 17.4 Å². The third-order valence-corrected chi connectivity index (χ3v) is 4.28. The van der Waals surface area contributed by atoms with Gasteiger partial charge in [0.05, 0.1) is 5.69 Å². The summed E-state index contributed by atoms with van der Waals surface area (Å²) in [5.74, 6) is 0.934. The summed E-state index contributed by atoms with van der Waals surface area (Å²) in [6.07, 6.45) is 1.04. The van der Waals surface area contributed by atoms with Crippen LogP contribution in [0.15, 0.2) is 18.2 Å². The fourth-order valence-corrected chi connectivity index (χ4v) is 3.40. The topological polar surface area (TPSA) is 34.1 Å². The molecule has 100 valence electrons. The minimum atomic E-state index is 0.570. The normalized spacial score (nSPS) is 14.2. The van der Waals surface area contributed by atoms with Crippen molar-refractivity contribution in [1.82, 2.24) is 10.3 Å². The molecule has 2 aromatic rings. The molecule has 0 spiro atoms. The van der Waals surface area contributed by atoms with E-state index < -0.39 is 0 Å². The quantitative estimate of drug-likeness (QED) is 0.934. The lowest BCUT2D eigenvalue weighted by molar-refractivity contribution is 0.305. The molecule has 0 fully saturated rings. The van der Waals surface area contributed by atoms with E-state index in [2.05, 4.69) is 42.3 Å². The number of aromatic nitrogens is 1. The van der Waals surface area contributed by atoms with Gasteiger partial charge in [-0.1, -0.05) is 6.07 Å². The lowest BCUT2D eigenvalue weighted by Crippen LogP contribution is -2.22. The molecular formula is C15H18N2OS. The molecule has 0 saturated heterocycles. The first-order valence-corrected chi connectivity index (χ1v) is 7.41. The number of hydrogen-bond donors (Lipinski definition) is 1. The Kier molecular flexibility index (Phi) is 3.53. The molecule has 4 heteroatoms. The average molecular weight is 274 g/mol. The highest BCUT2D eigenvalue weighted by atomic mass is 32.1. The second-order valence-electron chi connectivity index (χ2n) is 5.02. The summed E-state index contributed by atoms with van der Waals surface area (Å²) in [6.45, 7) is 6.74. The van der Waals surface area contributed by atoms with Crippen LogP contribution in [-0.4, -0.2) is 11.5 Å². The molecule has 1 aromatic heterocycles. The lowest BCUT2D eigenvalue weighted by Gasteiger charge is -2.09. The maximum Gasteiger partial charge on any atom is 0.140 e. The number of benzene rings is 1. The fourth-order valence-electron chi connectivity index (χ4n) is 2.40. The number of ether oxygens (including phenoxy) is 1. The fraction of sp³-hybridized carbons (Fsp3) is 0.400. The minimum Gasteiger partial charge on any atom is -0.486 e. The SMILES string of the molecule is Cc1cc(C)cc(OCc2nc3c(s2)CNCC3)c1. The summed E-state index contributed by atoms with van der Waals surface area (Å²) in [5.41, 5.74) is 3.72. The number of aryl methyl sites for hydroxylation is 2. The van der Waals surface area contributed by atoms with E-state index in [1.54, 1.807) is 11.3 Å². The van der Waals surface area contributed by atoms with E-state index >= 15 is 0 Å². The van der Waals surface area contributed by atoms with Crippen LogP contribution < -0.4 is 10.1 Å². The molecule has 0 radical (unpaired) electrons. The first kappa shape index (κ1) is 12.6. The maximum absolute atomic E-state index is 5.86. The number of thiazole rings is 1. The van der Waals surface area contributed by atoms with E-state index in [0.29, 0.717) is 6.61 Å². The zero-order valence-electron chi connectivity index (χ0n) is 11.3. The summed E-state index contributed by atoms with van der Waals surface area (Å²) in [4.78, 5) is 6.03. The second-order valence-corrected chi connectivity index (χ2v) is 6.18. The van der Waals surface area contributed by atoms with Gasteiger partial charge in [-0.05, 0) is 37.1 Å². The van der Waals surface area contributed by atoms with Crippen LogP contribution >= 0.6 is 11.3 Å². The molecule has 0 atom stereocenters. The Morgan fingerprint density at radius 2 is 2.05 bits per heavy atom. The Bertz CT molecular complexity index is 548. The summed E-state index contributed by atoms with van der Waals surface area (Å²) >= 11 is 1.76. The predicted molar refractivity (Wildman–Crippen MR) is 77.8 cm³/mol. The maximum atomic E-state index is 5.86. The molecule has 1 aromatic carbocycles. The summed E-state index contributed by atoms with van der Waals surface area (Å²) < 4.78 is 5.86. The standard InChI is InChI=1S/C15H18N2OS/c1-10-5-11(2)7-12(6-10)18-9-15-17-13-3-4-16-8-14(13)19-15/h5-7,16H,3-4,8-9H2,1-2H3. The van der Waals surface area contributed by atoms with Crippen LogP contribution in [0.4, 0.5) is 0 Å². The second kappa shape index (κ2) is 5.31. The van der Waals surface area contributed by atoms with Crippen molar-refractivity contribution >= 4 is 11.3 Å². The van der Waals surface area contributed by atoms with Crippen LogP contribution in [0.5, 0.6) is 5.75 Å². The third kappa shape index (κ3) is 2.96. The highest BCUT2D eigenvalue weighted by molar-refractivity contribution is 7.11. The Balaban J connectivity index is 1.70. The largest absolute Gasteiger partial charge is 0.486 e. The van der Waals surface area contributed by atoms with Crippen LogP contribution in [0.2, 0.25) is 0 Å². The van der Waals surface area contributed by atoms with E-state index in [1.165, 1.54) is 21.7 Å². The number of nitrogens with one attached hydrogen (secondary N) is 1. The first-order chi connectivity index (χ1) is 9.20. The van der Waals surface area contributed by atoms with Crippen LogP contribution in [-0.2, 0) is 19.6 Å². The number of hydrogen-bond acceptors (Lipinski definition) is 4. The molecule has 1 aliphatic rings.